The van der Waals surface area contributed by atoms with Crippen LogP contribution in [0.4, 0.5) is 0 Å². The normalized spacial score (nSPS) is 16.7. The summed E-state index contributed by atoms with van der Waals surface area (Å²) in [4.78, 5) is 14.3. The third kappa shape index (κ3) is 3.34. The van der Waals surface area contributed by atoms with Gasteiger partial charge in [0.2, 0.25) is 0 Å². The fraction of sp³-hybridized carbons (Fsp3) is 0.615. The third-order valence-corrected chi connectivity index (χ3v) is 3.23. The Labute approximate surface area is 108 Å². The molecule has 1 aromatic heterocycles. The van der Waals surface area contributed by atoms with Gasteiger partial charge in [-0.1, -0.05) is 6.92 Å². The Hall–Kier alpha value is -1.33. The molecule has 18 heavy (non-hydrogen) atoms. The van der Waals surface area contributed by atoms with E-state index in [-0.39, 0.29) is 5.91 Å². The Morgan fingerprint density at radius 1 is 1.50 bits per heavy atom. The molecule has 5 heteroatoms. The molecule has 0 saturated carbocycles. The van der Waals surface area contributed by atoms with E-state index in [0.29, 0.717) is 12.1 Å². The van der Waals surface area contributed by atoms with Crippen molar-refractivity contribution in [1.82, 2.24) is 15.5 Å². The molecule has 0 aliphatic carbocycles. The van der Waals surface area contributed by atoms with E-state index in [1.165, 1.54) is 0 Å². The van der Waals surface area contributed by atoms with Crippen LogP contribution >= 0.6 is 0 Å². The number of nitrogens with one attached hydrogen (secondary N) is 2. The van der Waals surface area contributed by atoms with Gasteiger partial charge in [-0.15, -0.1) is 0 Å². The highest BCUT2D eigenvalue weighted by Crippen LogP contribution is 2.10. The van der Waals surface area contributed by atoms with Crippen LogP contribution in [0.25, 0.3) is 0 Å². The number of amides is 1. The predicted octanol–water partition coefficient (Wildman–Crippen LogP) is 0.477. The molecule has 2 heterocycles. The molecule has 0 atom stereocenters. The number of furan rings is 1. The van der Waals surface area contributed by atoms with Gasteiger partial charge in [0.05, 0.1) is 11.8 Å². The second-order valence-corrected chi connectivity index (χ2v) is 4.46. The van der Waals surface area contributed by atoms with Crippen LogP contribution in [0.15, 0.2) is 16.7 Å². The summed E-state index contributed by atoms with van der Waals surface area (Å²) >= 11 is 0. The number of carbonyl (C=O) groups excluding carboxylic acids is 1. The average Bonchev–Trinajstić information content (AvgIpc) is 2.88. The minimum absolute atomic E-state index is 0.0317. The van der Waals surface area contributed by atoms with Gasteiger partial charge < -0.3 is 15.1 Å². The second kappa shape index (κ2) is 6.56. The molecule has 100 valence electrons. The van der Waals surface area contributed by atoms with Crippen molar-refractivity contribution in [3.8, 4) is 0 Å². The molecule has 1 saturated heterocycles. The topological polar surface area (TPSA) is 57.5 Å². The first-order valence-electron chi connectivity index (χ1n) is 6.59. The van der Waals surface area contributed by atoms with Crippen molar-refractivity contribution in [3.05, 3.63) is 23.7 Å². The van der Waals surface area contributed by atoms with Crippen LogP contribution in [-0.4, -0.2) is 50.1 Å². The molecular weight excluding hydrogens is 230 g/mol. The van der Waals surface area contributed by atoms with Crippen molar-refractivity contribution in [3.63, 3.8) is 0 Å². The van der Waals surface area contributed by atoms with E-state index in [9.17, 15) is 4.79 Å². The molecular formula is C13H21N3O2. The van der Waals surface area contributed by atoms with Crippen LogP contribution < -0.4 is 10.6 Å². The van der Waals surface area contributed by atoms with Crippen molar-refractivity contribution >= 4 is 5.91 Å². The smallest absolute Gasteiger partial charge is 0.254 e. The summed E-state index contributed by atoms with van der Waals surface area (Å²) in [6, 6.07) is 1.74. The summed E-state index contributed by atoms with van der Waals surface area (Å²) < 4.78 is 5.25. The lowest BCUT2D eigenvalue weighted by molar-refractivity contribution is 0.0945. The Balaban J connectivity index is 1.74. The molecule has 5 nitrogen and oxygen atoms in total. The maximum atomic E-state index is 11.9. The van der Waals surface area contributed by atoms with Gasteiger partial charge in [0.25, 0.3) is 5.91 Å². The molecule has 2 N–H and O–H groups in total. The Morgan fingerprint density at radius 2 is 2.28 bits per heavy atom. The zero-order valence-corrected chi connectivity index (χ0v) is 10.9. The van der Waals surface area contributed by atoms with E-state index in [4.69, 9.17) is 4.42 Å². The van der Waals surface area contributed by atoms with Crippen LogP contribution in [0.2, 0.25) is 0 Å². The number of carbonyl (C=O) groups is 1. The van der Waals surface area contributed by atoms with Gasteiger partial charge in [-0.25, -0.2) is 0 Å². The molecule has 1 aliphatic rings. The van der Waals surface area contributed by atoms with Crippen LogP contribution in [-0.2, 0) is 6.42 Å². The molecule has 1 amide bonds. The van der Waals surface area contributed by atoms with E-state index in [0.717, 1.165) is 44.9 Å². The predicted molar refractivity (Wildman–Crippen MR) is 69.7 cm³/mol. The van der Waals surface area contributed by atoms with Crippen LogP contribution in [0, 0.1) is 0 Å². The van der Waals surface area contributed by atoms with Crippen LogP contribution in [0.5, 0.6) is 0 Å². The van der Waals surface area contributed by atoms with Gasteiger partial charge in [-0.2, -0.15) is 0 Å². The van der Waals surface area contributed by atoms with Gasteiger partial charge in [0.15, 0.2) is 0 Å². The minimum Gasteiger partial charge on any atom is -0.469 e. The summed E-state index contributed by atoms with van der Waals surface area (Å²) in [6.45, 7) is 7.77. The largest absolute Gasteiger partial charge is 0.469 e. The van der Waals surface area contributed by atoms with E-state index in [2.05, 4.69) is 15.5 Å². The first-order valence-corrected chi connectivity index (χ1v) is 6.59. The van der Waals surface area contributed by atoms with Crippen molar-refractivity contribution in [2.75, 3.05) is 39.3 Å². The second-order valence-electron chi connectivity index (χ2n) is 4.46. The minimum atomic E-state index is -0.0317. The molecule has 0 spiro atoms. The number of hydrogen-bond donors (Lipinski definition) is 2. The lowest BCUT2D eigenvalue weighted by Crippen LogP contribution is -2.46. The number of aryl methyl sites for hydroxylation is 1. The number of nitrogens with zero attached hydrogens (tertiary/aromatic N) is 1. The molecule has 1 aliphatic heterocycles. The molecule has 2 rings (SSSR count). The van der Waals surface area contributed by atoms with Gasteiger partial charge >= 0.3 is 0 Å². The molecule has 0 unspecified atom stereocenters. The standard InChI is InChI=1S/C13H21N3O2/c1-2-12-11(3-10-18-12)13(17)15-6-9-16-7-4-14-5-8-16/h3,10,14H,2,4-9H2,1H3,(H,15,17). The lowest BCUT2D eigenvalue weighted by Gasteiger charge is -2.27. The highest BCUT2D eigenvalue weighted by molar-refractivity contribution is 5.95. The molecule has 1 fully saturated rings. The maximum absolute atomic E-state index is 11.9. The number of piperazine rings is 1. The van der Waals surface area contributed by atoms with Gasteiger partial charge in [-0.3, -0.25) is 9.69 Å². The number of rotatable bonds is 5. The first-order chi connectivity index (χ1) is 8.81. The molecule has 0 radical (unpaired) electrons. The van der Waals surface area contributed by atoms with E-state index in [1.54, 1.807) is 12.3 Å². The van der Waals surface area contributed by atoms with E-state index in [1.807, 2.05) is 6.92 Å². The molecule has 1 aromatic rings. The van der Waals surface area contributed by atoms with Crippen molar-refractivity contribution in [2.45, 2.75) is 13.3 Å². The van der Waals surface area contributed by atoms with Gasteiger partial charge in [0.1, 0.15) is 5.76 Å². The molecule has 0 bridgehead atoms. The SMILES string of the molecule is CCc1occc1C(=O)NCCN1CCNCC1. The maximum Gasteiger partial charge on any atom is 0.254 e. The monoisotopic (exact) mass is 251 g/mol. The average molecular weight is 251 g/mol. The molecule has 0 aromatic carbocycles. The third-order valence-electron chi connectivity index (χ3n) is 3.23. The van der Waals surface area contributed by atoms with Crippen molar-refractivity contribution in [1.29, 1.82) is 0 Å². The summed E-state index contributed by atoms with van der Waals surface area (Å²) in [5, 5.41) is 6.26. The van der Waals surface area contributed by atoms with E-state index >= 15 is 0 Å². The van der Waals surface area contributed by atoms with Crippen LogP contribution in [0.3, 0.4) is 0 Å². The fourth-order valence-corrected chi connectivity index (χ4v) is 2.17. The number of hydrogen-bond acceptors (Lipinski definition) is 4. The van der Waals surface area contributed by atoms with Gasteiger partial charge in [0, 0.05) is 45.7 Å². The van der Waals surface area contributed by atoms with Crippen LogP contribution in [0.1, 0.15) is 23.0 Å². The van der Waals surface area contributed by atoms with E-state index < -0.39 is 0 Å². The summed E-state index contributed by atoms with van der Waals surface area (Å²) in [5.74, 6) is 0.727. The highest BCUT2D eigenvalue weighted by atomic mass is 16.3. The Morgan fingerprint density at radius 3 is 3.00 bits per heavy atom. The zero-order valence-electron chi connectivity index (χ0n) is 10.9. The summed E-state index contributed by atoms with van der Waals surface area (Å²) in [5.41, 5.74) is 0.665. The summed E-state index contributed by atoms with van der Waals surface area (Å²) in [6.07, 6.45) is 2.32. The Bertz CT molecular complexity index is 383. The van der Waals surface area contributed by atoms with Crippen molar-refractivity contribution in [2.24, 2.45) is 0 Å². The van der Waals surface area contributed by atoms with Crippen molar-refractivity contribution < 1.29 is 9.21 Å². The lowest BCUT2D eigenvalue weighted by atomic mass is 10.2. The summed E-state index contributed by atoms with van der Waals surface area (Å²) in [7, 11) is 0. The quantitative estimate of drug-likeness (QED) is 0.799. The van der Waals surface area contributed by atoms with Gasteiger partial charge in [-0.05, 0) is 6.07 Å². The first kappa shape index (κ1) is 13.1. The highest BCUT2D eigenvalue weighted by Gasteiger charge is 2.13. The Kier molecular flexibility index (Phi) is 4.78. The zero-order chi connectivity index (χ0) is 12.8. The fourth-order valence-electron chi connectivity index (χ4n) is 2.17.